The maximum atomic E-state index is 13.1. The van der Waals surface area contributed by atoms with Gasteiger partial charge in [0.15, 0.2) is 21.9 Å². The first-order chi connectivity index (χ1) is 7.49. The molecule has 0 amide bonds. The normalized spacial score (nSPS) is 10.8. The van der Waals surface area contributed by atoms with E-state index in [1.807, 2.05) is 13.0 Å². The maximum Gasteiger partial charge on any atom is 0.197 e. The average molecular weight is 342 g/mol. The maximum absolute atomic E-state index is 13.1. The van der Waals surface area contributed by atoms with Crippen LogP contribution >= 0.6 is 50.5 Å². The molecule has 0 spiro atoms. The zero-order chi connectivity index (χ0) is 11.9. The van der Waals surface area contributed by atoms with Crippen molar-refractivity contribution in [3.05, 3.63) is 31.5 Å². The Morgan fingerprint density at radius 2 is 1.88 bits per heavy atom. The van der Waals surface area contributed by atoms with Gasteiger partial charge in [0, 0.05) is 9.35 Å². The zero-order valence-electron chi connectivity index (χ0n) is 7.89. The van der Waals surface area contributed by atoms with Crippen LogP contribution in [-0.4, -0.2) is 9.97 Å². The number of hydrogen-bond donors (Lipinski definition) is 0. The molecule has 2 rings (SSSR count). The second-order valence-electron chi connectivity index (χ2n) is 2.96. The van der Waals surface area contributed by atoms with Crippen LogP contribution in [0.1, 0.15) is 4.88 Å². The Morgan fingerprint density at radius 1 is 1.31 bits per heavy atom. The average Bonchev–Trinajstić information content (AvgIpc) is 2.55. The zero-order valence-corrected chi connectivity index (χ0v) is 11.8. The van der Waals surface area contributed by atoms with Crippen LogP contribution in [0, 0.1) is 12.7 Å². The van der Waals surface area contributed by atoms with Gasteiger partial charge in [-0.2, -0.15) is 0 Å². The minimum atomic E-state index is -0.792. The third-order valence-corrected chi connectivity index (χ3v) is 4.48. The lowest BCUT2D eigenvalue weighted by Crippen LogP contribution is -1.92. The molecule has 0 fully saturated rings. The number of halogens is 4. The smallest absolute Gasteiger partial charge is 0.197 e. The lowest BCUT2D eigenvalue weighted by Gasteiger charge is -1.99. The van der Waals surface area contributed by atoms with Gasteiger partial charge in [-0.25, -0.2) is 14.4 Å². The lowest BCUT2D eigenvalue weighted by atomic mass is 10.4. The molecule has 2 aromatic rings. The van der Waals surface area contributed by atoms with Crippen molar-refractivity contribution in [3.8, 4) is 10.7 Å². The SMILES string of the molecule is Cc1sc(-c2nc(Cl)c(F)c(Cl)n2)cc1Br. The fraction of sp³-hybridized carbons (Fsp3) is 0.111. The molecule has 2 heterocycles. The Kier molecular flexibility index (Phi) is 3.49. The predicted octanol–water partition coefficient (Wildman–Crippen LogP) is 4.72. The van der Waals surface area contributed by atoms with Gasteiger partial charge in [-0.15, -0.1) is 11.3 Å². The minimum absolute atomic E-state index is 0.267. The van der Waals surface area contributed by atoms with Crippen LogP contribution in [0.25, 0.3) is 10.7 Å². The number of aromatic nitrogens is 2. The van der Waals surface area contributed by atoms with Crippen molar-refractivity contribution in [2.24, 2.45) is 0 Å². The van der Waals surface area contributed by atoms with Crippen molar-refractivity contribution in [1.29, 1.82) is 0 Å². The number of thiophene rings is 1. The molecule has 0 unspecified atom stereocenters. The van der Waals surface area contributed by atoms with E-state index in [0.29, 0.717) is 5.82 Å². The Balaban J connectivity index is 2.56. The van der Waals surface area contributed by atoms with E-state index >= 15 is 0 Å². The summed E-state index contributed by atoms with van der Waals surface area (Å²) in [5.41, 5.74) is 0. The summed E-state index contributed by atoms with van der Waals surface area (Å²) < 4.78 is 14.1. The van der Waals surface area contributed by atoms with Gasteiger partial charge in [-0.1, -0.05) is 23.2 Å². The van der Waals surface area contributed by atoms with Crippen molar-refractivity contribution >= 4 is 50.5 Å². The molecule has 0 saturated heterocycles. The highest BCUT2D eigenvalue weighted by atomic mass is 79.9. The quantitative estimate of drug-likeness (QED) is 0.701. The highest BCUT2D eigenvalue weighted by molar-refractivity contribution is 9.10. The fourth-order valence-corrected chi connectivity index (χ4v) is 2.93. The van der Waals surface area contributed by atoms with Gasteiger partial charge >= 0.3 is 0 Å². The van der Waals surface area contributed by atoms with Gasteiger partial charge in [0.1, 0.15) is 0 Å². The van der Waals surface area contributed by atoms with Gasteiger partial charge in [0.05, 0.1) is 4.88 Å². The van der Waals surface area contributed by atoms with Crippen molar-refractivity contribution in [1.82, 2.24) is 9.97 Å². The van der Waals surface area contributed by atoms with E-state index in [-0.39, 0.29) is 10.3 Å². The molecule has 0 aliphatic heterocycles. The van der Waals surface area contributed by atoms with Crippen LogP contribution in [0.2, 0.25) is 10.3 Å². The summed E-state index contributed by atoms with van der Waals surface area (Å²) in [6.45, 7) is 1.95. The molecule has 2 aromatic heterocycles. The number of hydrogen-bond acceptors (Lipinski definition) is 3. The third kappa shape index (κ3) is 2.22. The van der Waals surface area contributed by atoms with Crippen LogP contribution in [0.3, 0.4) is 0 Å². The molecule has 0 aliphatic carbocycles. The highest BCUT2D eigenvalue weighted by Gasteiger charge is 2.14. The summed E-state index contributed by atoms with van der Waals surface area (Å²) in [5.74, 6) is -0.463. The molecule has 0 saturated carbocycles. The summed E-state index contributed by atoms with van der Waals surface area (Å²) in [6, 6.07) is 1.85. The van der Waals surface area contributed by atoms with E-state index in [4.69, 9.17) is 23.2 Å². The van der Waals surface area contributed by atoms with Crippen molar-refractivity contribution in [2.45, 2.75) is 6.92 Å². The monoisotopic (exact) mass is 340 g/mol. The number of aryl methyl sites for hydroxylation is 1. The molecule has 16 heavy (non-hydrogen) atoms. The Hall–Kier alpha value is -0.230. The van der Waals surface area contributed by atoms with Gasteiger partial charge in [-0.05, 0) is 28.9 Å². The number of rotatable bonds is 1. The molecule has 0 atom stereocenters. The second-order valence-corrected chi connectivity index (χ2v) is 5.78. The molecule has 0 N–H and O–H groups in total. The van der Waals surface area contributed by atoms with E-state index in [0.717, 1.165) is 14.2 Å². The van der Waals surface area contributed by atoms with Crippen LogP contribution in [0.5, 0.6) is 0 Å². The van der Waals surface area contributed by atoms with E-state index < -0.39 is 5.82 Å². The largest absolute Gasteiger partial charge is 0.212 e. The summed E-state index contributed by atoms with van der Waals surface area (Å²) >= 11 is 16.1. The standard InChI is InChI=1S/C9H4BrCl2FN2S/c1-3-4(10)2-5(16-3)9-14-7(11)6(13)8(12)15-9/h2H,1H3. The lowest BCUT2D eigenvalue weighted by molar-refractivity contribution is 0.615. The van der Waals surface area contributed by atoms with Crippen LogP contribution < -0.4 is 0 Å². The van der Waals surface area contributed by atoms with E-state index in [1.165, 1.54) is 11.3 Å². The van der Waals surface area contributed by atoms with E-state index in [1.54, 1.807) is 0 Å². The molecular weight excluding hydrogens is 338 g/mol. The topological polar surface area (TPSA) is 25.8 Å². The highest BCUT2D eigenvalue weighted by Crippen LogP contribution is 2.33. The van der Waals surface area contributed by atoms with Gasteiger partial charge < -0.3 is 0 Å². The van der Waals surface area contributed by atoms with E-state index in [2.05, 4.69) is 25.9 Å². The molecule has 7 heteroatoms. The Bertz CT molecular complexity index is 516. The first kappa shape index (κ1) is 12.2. The Morgan fingerprint density at radius 3 is 2.31 bits per heavy atom. The number of nitrogens with zero attached hydrogens (tertiary/aromatic N) is 2. The second kappa shape index (κ2) is 4.56. The molecule has 0 aliphatic rings. The van der Waals surface area contributed by atoms with Crippen LogP contribution in [0.4, 0.5) is 4.39 Å². The van der Waals surface area contributed by atoms with Crippen LogP contribution in [0.15, 0.2) is 10.5 Å². The molecule has 0 bridgehead atoms. The molecular formula is C9H4BrCl2FN2S. The van der Waals surface area contributed by atoms with Gasteiger partial charge in [0.25, 0.3) is 0 Å². The molecule has 2 nitrogen and oxygen atoms in total. The first-order valence-corrected chi connectivity index (χ1v) is 6.50. The van der Waals surface area contributed by atoms with Crippen LogP contribution in [-0.2, 0) is 0 Å². The summed E-state index contributed by atoms with van der Waals surface area (Å²) in [4.78, 5) is 9.55. The Labute approximate surface area is 114 Å². The van der Waals surface area contributed by atoms with Gasteiger partial charge in [0.2, 0.25) is 0 Å². The van der Waals surface area contributed by atoms with Gasteiger partial charge in [-0.3, -0.25) is 0 Å². The summed E-state index contributed by atoms with van der Waals surface area (Å²) in [7, 11) is 0. The molecule has 0 aromatic carbocycles. The van der Waals surface area contributed by atoms with Crippen molar-refractivity contribution in [3.63, 3.8) is 0 Å². The third-order valence-electron chi connectivity index (χ3n) is 1.85. The molecule has 0 radical (unpaired) electrons. The summed E-state index contributed by atoms with van der Waals surface area (Å²) in [5, 5.41) is -0.533. The minimum Gasteiger partial charge on any atom is -0.212 e. The summed E-state index contributed by atoms with van der Waals surface area (Å²) in [6.07, 6.45) is 0. The fourth-order valence-electron chi connectivity index (χ4n) is 1.07. The molecule has 84 valence electrons. The van der Waals surface area contributed by atoms with Crippen molar-refractivity contribution in [2.75, 3.05) is 0 Å². The first-order valence-electron chi connectivity index (χ1n) is 4.14. The van der Waals surface area contributed by atoms with Crippen molar-refractivity contribution < 1.29 is 4.39 Å². The van der Waals surface area contributed by atoms with E-state index in [9.17, 15) is 4.39 Å². The predicted molar refractivity (Wildman–Crippen MR) is 67.8 cm³/mol.